The van der Waals surface area contributed by atoms with Crippen LogP contribution in [0.1, 0.15) is 30.9 Å². The molecule has 5 nitrogen and oxygen atoms in total. The van der Waals surface area contributed by atoms with Crippen LogP contribution in [0.2, 0.25) is 0 Å². The second kappa shape index (κ2) is 6.89. The number of halogens is 3. The molecule has 3 heterocycles. The van der Waals surface area contributed by atoms with Crippen molar-refractivity contribution in [2.75, 3.05) is 13.1 Å². The molecule has 2 aliphatic heterocycles. The molecular weight excluding hydrogens is 397 g/mol. The van der Waals surface area contributed by atoms with Gasteiger partial charge in [-0.1, -0.05) is 12.1 Å². The fourth-order valence-electron chi connectivity index (χ4n) is 4.86. The van der Waals surface area contributed by atoms with Gasteiger partial charge in [0, 0.05) is 48.8 Å². The molecule has 8 heteroatoms. The van der Waals surface area contributed by atoms with Gasteiger partial charge < -0.3 is 14.2 Å². The topological polar surface area (TPSA) is 51.5 Å². The van der Waals surface area contributed by atoms with Gasteiger partial charge in [-0.15, -0.1) is 13.2 Å². The highest BCUT2D eigenvalue weighted by Gasteiger charge is 2.41. The number of likely N-dealkylation sites (tertiary alicyclic amines) is 1. The molecule has 30 heavy (non-hydrogen) atoms. The maximum Gasteiger partial charge on any atom is 0.573 e. The number of piperidine rings is 1. The van der Waals surface area contributed by atoms with Gasteiger partial charge in [-0.05, 0) is 48.9 Å². The molecule has 2 bridgehead atoms. The van der Waals surface area contributed by atoms with E-state index in [1.165, 1.54) is 18.2 Å². The van der Waals surface area contributed by atoms with Crippen LogP contribution < -0.4 is 10.3 Å². The number of benzene rings is 1. The zero-order valence-electron chi connectivity index (χ0n) is 16.2. The zero-order chi connectivity index (χ0) is 21.0. The average molecular weight is 418 g/mol. The minimum atomic E-state index is -4.74. The number of alkyl halides is 3. The van der Waals surface area contributed by atoms with Crippen molar-refractivity contribution in [1.29, 1.82) is 0 Å². The van der Waals surface area contributed by atoms with Crippen molar-refractivity contribution in [3.8, 4) is 16.9 Å². The second-order valence-corrected chi connectivity index (χ2v) is 8.47. The minimum absolute atomic E-state index is 0.0372. The number of carbonyl (C=O) groups is 1. The summed E-state index contributed by atoms with van der Waals surface area (Å²) in [4.78, 5) is 27.1. The van der Waals surface area contributed by atoms with E-state index in [0.717, 1.165) is 36.1 Å². The Morgan fingerprint density at radius 2 is 1.73 bits per heavy atom. The van der Waals surface area contributed by atoms with Gasteiger partial charge >= 0.3 is 6.36 Å². The molecule has 1 aromatic heterocycles. The van der Waals surface area contributed by atoms with Crippen LogP contribution in [0.5, 0.6) is 5.75 Å². The van der Waals surface area contributed by atoms with Crippen LogP contribution in [0.15, 0.2) is 41.2 Å². The molecule has 2 aromatic rings. The number of carbonyl (C=O) groups excluding carboxylic acids is 1. The van der Waals surface area contributed by atoms with E-state index >= 15 is 0 Å². The lowest BCUT2D eigenvalue weighted by atomic mass is 9.80. The van der Waals surface area contributed by atoms with Crippen LogP contribution in [0, 0.1) is 11.8 Å². The number of pyridine rings is 1. The molecule has 1 aromatic carbocycles. The third-order valence-corrected chi connectivity index (χ3v) is 6.23. The van der Waals surface area contributed by atoms with Gasteiger partial charge in [0.1, 0.15) is 5.75 Å². The molecular formula is C22H21F3N2O3. The number of ether oxygens (including phenoxy) is 1. The Labute approximate surface area is 171 Å². The van der Waals surface area contributed by atoms with Crippen molar-refractivity contribution in [2.45, 2.75) is 38.1 Å². The van der Waals surface area contributed by atoms with Crippen LogP contribution in [0.4, 0.5) is 13.2 Å². The van der Waals surface area contributed by atoms with Gasteiger partial charge in [0.15, 0.2) is 0 Å². The molecule has 0 unspecified atom stereocenters. The number of rotatable bonds is 3. The van der Waals surface area contributed by atoms with E-state index in [-0.39, 0.29) is 35.0 Å². The Balaban J connectivity index is 1.49. The third kappa shape index (κ3) is 3.59. The molecule has 1 amide bonds. The first kappa shape index (κ1) is 19.2. The van der Waals surface area contributed by atoms with E-state index in [1.807, 2.05) is 4.90 Å². The number of hydrogen-bond acceptors (Lipinski definition) is 3. The normalized spacial score (nSPS) is 23.1. The van der Waals surface area contributed by atoms with Crippen LogP contribution in [0.3, 0.4) is 0 Å². The lowest BCUT2D eigenvalue weighted by molar-refractivity contribution is -0.274. The fourth-order valence-corrected chi connectivity index (χ4v) is 4.86. The van der Waals surface area contributed by atoms with Crippen LogP contribution in [-0.4, -0.2) is 34.8 Å². The van der Waals surface area contributed by atoms with Crippen molar-refractivity contribution in [3.05, 3.63) is 52.4 Å². The molecule has 3 aliphatic rings. The number of amides is 1. The summed E-state index contributed by atoms with van der Waals surface area (Å²) < 4.78 is 43.1. The summed E-state index contributed by atoms with van der Waals surface area (Å²) in [7, 11) is 0. The highest BCUT2D eigenvalue weighted by molar-refractivity contribution is 5.81. The molecule has 0 spiro atoms. The maximum atomic E-state index is 12.6. The Morgan fingerprint density at radius 3 is 2.40 bits per heavy atom. The summed E-state index contributed by atoms with van der Waals surface area (Å²) in [6, 6.07) is 8.94. The molecule has 158 valence electrons. The predicted molar refractivity (Wildman–Crippen MR) is 103 cm³/mol. The van der Waals surface area contributed by atoms with Crippen molar-refractivity contribution >= 4 is 5.91 Å². The van der Waals surface area contributed by atoms with E-state index in [1.54, 1.807) is 22.8 Å². The summed E-state index contributed by atoms with van der Waals surface area (Å²) >= 11 is 0. The van der Waals surface area contributed by atoms with E-state index in [4.69, 9.17) is 0 Å². The van der Waals surface area contributed by atoms with Crippen molar-refractivity contribution in [2.24, 2.45) is 11.8 Å². The maximum absolute atomic E-state index is 12.6. The van der Waals surface area contributed by atoms with Gasteiger partial charge in [-0.3, -0.25) is 9.59 Å². The van der Waals surface area contributed by atoms with Crippen molar-refractivity contribution in [3.63, 3.8) is 0 Å². The summed E-state index contributed by atoms with van der Waals surface area (Å²) in [5.74, 6) is 0.367. The minimum Gasteiger partial charge on any atom is -0.406 e. The van der Waals surface area contributed by atoms with Crippen molar-refractivity contribution < 1.29 is 22.7 Å². The van der Waals surface area contributed by atoms with E-state index in [2.05, 4.69) is 4.74 Å². The summed E-state index contributed by atoms with van der Waals surface area (Å²) in [6.07, 6.45) is -1.92. The summed E-state index contributed by atoms with van der Waals surface area (Å²) in [5, 5.41) is 0. The first-order valence-electron chi connectivity index (χ1n) is 10.2. The molecule has 0 N–H and O–H groups in total. The molecule has 1 saturated heterocycles. The van der Waals surface area contributed by atoms with E-state index in [9.17, 15) is 22.8 Å². The van der Waals surface area contributed by atoms with Gasteiger partial charge in [-0.25, -0.2) is 0 Å². The molecule has 0 radical (unpaired) electrons. The second-order valence-electron chi connectivity index (χ2n) is 8.47. The molecule has 2 atom stereocenters. The first-order valence-corrected chi connectivity index (χ1v) is 10.2. The van der Waals surface area contributed by atoms with E-state index < -0.39 is 6.36 Å². The number of nitrogens with zero attached hydrogens (tertiary/aromatic N) is 2. The Morgan fingerprint density at radius 1 is 1.00 bits per heavy atom. The van der Waals surface area contributed by atoms with Crippen LogP contribution >= 0.6 is 0 Å². The molecule has 2 fully saturated rings. The number of hydrogen-bond donors (Lipinski definition) is 0. The highest BCUT2D eigenvalue weighted by Crippen LogP contribution is 2.42. The molecule has 5 rings (SSSR count). The quantitative estimate of drug-likeness (QED) is 0.763. The third-order valence-electron chi connectivity index (χ3n) is 6.23. The van der Waals surface area contributed by atoms with Gasteiger partial charge in [0.2, 0.25) is 5.91 Å². The fraction of sp³-hybridized carbons (Fsp3) is 0.455. The summed E-state index contributed by atoms with van der Waals surface area (Å²) in [5.41, 5.74) is 2.33. The molecule has 1 saturated carbocycles. The average Bonchev–Trinajstić information content (AvgIpc) is 3.53. The number of fused-ring (bicyclic) bond motifs is 4. The predicted octanol–water partition coefficient (Wildman–Crippen LogP) is 3.77. The van der Waals surface area contributed by atoms with Gasteiger partial charge in [0.25, 0.3) is 5.56 Å². The Bertz CT molecular complexity index is 1040. The highest BCUT2D eigenvalue weighted by atomic mass is 19.4. The smallest absolute Gasteiger partial charge is 0.406 e. The Kier molecular flexibility index (Phi) is 4.41. The van der Waals surface area contributed by atoms with Crippen molar-refractivity contribution in [1.82, 2.24) is 9.47 Å². The van der Waals surface area contributed by atoms with Crippen LogP contribution in [0.25, 0.3) is 11.1 Å². The SMILES string of the molecule is O=C(C1CC1)N1C[C@@H]2C[C@H](C1)c1c(-c3ccc(OC(F)(F)F)cc3)ccc(=O)n1C2. The first-order chi connectivity index (χ1) is 14.3. The lowest BCUT2D eigenvalue weighted by Gasteiger charge is -2.43. The molecule has 1 aliphatic carbocycles. The monoisotopic (exact) mass is 418 g/mol. The zero-order valence-corrected chi connectivity index (χ0v) is 16.2. The number of aromatic nitrogens is 1. The van der Waals surface area contributed by atoms with Gasteiger partial charge in [0.05, 0.1) is 0 Å². The van der Waals surface area contributed by atoms with Gasteiger partial charge in [-0.2, -0.15) is 0 Å². The summed E-state index contributed by atoms with van der Waals surface area (Å²) in [6.45, 7) is 1.82. The standard InChI is InChI=1S/C22H21F3N2O3/c23-22(24,25)30-17-5-3-14(4-6-17)18-7-8-19(28)27-11-13-9-16(20(18)27)12-26(10-13)21(29)15-1-2-15/h3-8,13,15-16H,1-2,9-12H2/t13-,16+/m0/s1. The van der Waals surface area contributed by atoms with Crippen LogP contribution in [-0.2, 0) is 11.3 Å². The lowest BCUT2D eigenvalue weighted by Crippen LogP contribution is -2.49. The van der Waals surface area contributed by atoms with E-state index in [0.29, 0.717) is 19.6 Å². The largest absolute Gasteiger partial charge is 0.573 e. The Hall–Kier alpha value is -2.77.